The van der Waals surface area contributed by atoms with Crippen molar-refractivity contribution in [2.45, 2.75) is 6.36 Å². The molecule has 0 aliphatic rings. The van der Waals surface area contributed by atoms with Crippen molar-refractivity contribution in [3.05, 3.63) is 71.3 Å². The van der Waals surface area contributed by atoms with Crippen LogP contribution in [0.1, 0.15) is 11.3 Å². The Labute approximate surface area is 145 Å². The highest BCUT2D eigenvalue weighted by Crippen LogP contribution is 2.24. The molecule has 0 saturated carbocycles. The first-order valence-corrected chi connectivity index (χ1v) is 7.33. The zero-order valence-electron chi connectivity index (χ0n) is 12.5. The summed E-state index contributed by atoms with van der Waals surface area (Å²) < 4.78 is 41.7. The number of benzene rings is 1. The third-order valence-electron chi connectivity index (χ3n) is 2.99. The monoisotopic (exact) mass is 363 g/mol. The van der Waals surface area contributed by atoms with Crippen LogP contribution in [0.15, 0.2) is 54.9 Å². The van der Waals surface area contributed by atoms with Crippen molar-refractivity contribution < 1.29 is 17.9 Å². The van der Waals surface area contributed by atoms with E-state index in [2.05, 4.69) is 26.7 Å². The largest absolute Gasteiger partial charge is 0.573 e. The lowest BCUT2D eigenvalue weighted by Crippen LogP contribution is -2.17. The third kappa shape index (κ3) is 4.52. The highest BCUT2D eigenvalue weighted by atomic mass is 35.5. The summed E-state index contributed by atoms with van der Waals surface area (Å²) >= 11 is 6.05. The fourth-order valence-electron chi connectivity index (χ4n) is 1.94. The SMILES string of the molecule is FC(F)(F)Oc1ccc(-n2cc(C#Cc3ccccn3)c(Cl)n2)cc1. The van der Waals surface area contributed by atoms with Crippen LogP contribution >= 0.6 is 11.6 Å². The van der Waals surface area contributed by atoms with Gasteiger partial charge in [0.15, 0.2) is 5.15 Å². The Morgan fingerprint density at radius 1 is 1.04 bits per heavy atom. The summed E-state index contributed by atoms with van der Waals surface area (Å²) in [7, 11) is 0. The lowest BCUT2D eigenvalue weighted by atomic mass is 10.3. The predicted octanol–water partition coefficient (Wildman–Crippen LogP) is 4.22. The molecule has 0 unspecified atom stereocenters. The van der Waals surface area contributed by atoms with Gasteiger partial charge in [0.1, 0.15) is 11.4 Å². The first-order valence-electron chi connectivity index (χ1n) is 6.95. The lowest BCUT2D eigenvalue weighted by molar-refractivity contribution is -0.274. The minimum absolute atomic E-state index is 0.180. The fourth-order valence-corrected chi connectivity index (χ4v) is 2.12. The minimum Gasteiger partial charge on any atom is -0.406 e. The first-order chi connectivity index (χ1) is 11.9. The number of aromatic nitrogens is 3. The quantitative estimate of drug-likeness (QED) is 0.640. The summed E-state index contributed by atoms with van der Waals surface area (Å²) in [6.45, 7) is 0. The molecular weight excluding hydrogens is 355 g/mol. The molecule has 3 aromatic rings. The van der Waals surface area contributed by atoms with E-state index in [1.807, 2.05) is 6.07 Å². The van der Waals surface area contributed by atoms with E-state index >= 15 is 0 Å². The van der Waals surface area contributed by atoms with Gasteiger partial charge in [0, 0.05) is 12.4 Å². The Hall–Kier alpha value is -2.98. The smallest absolute Gasteiger partial charge is 0.406 e. The molecule has 0 bridgehead atoms. The fraction of sp³-hybridized carbons (Fsp3) is 0.0588. The Morgan fingerprint density at radius 2 is 1.80 bits per heavy atom. The molecule has 0 spiro atoms. The minimum atomic E-state index is -4.73. The highest BCUT2D eigenvalue weighted by Gasteiger charge is 2.30. The summed E-state index contributed by atoms with van der Waals surface area (Å²) in [6, 6.07) is 10.6. The number of halogens is 4. The van der Waals surface area contributed by atoms with E-state index in [0.29, 0.717) is 16.9 Å². The molecule has 8 heteroatoms. The molecule has 0 atom stereocenters. The van der Waals surface area contributed by atoms with Gasteiger partial charge in [0.25, 0.3) is 0 Å². The lowest BCUT2D eigenvalue weighted by Gasteiger charge is -2.09. The third-order valence-corrected chi connectivity index (χ3v) is 3.27. The van der Waals surface area contributed by atoms with E-state index in [-0.39, 0.29) is 10.9 Å². The van der Waals surface area contributed by atoms with Crippen LogP contribution in [0.5, 0.6) is 5.75 Å². The zero-order chi connectivity index (χ0) is 17.9. The topological polar surface area (TPSA) is 39.9 Å². The maximum atomic E-state index is 12.2. The molecular formula is C17H9ClF3N3O. The molecule has 25 heavy (non-hydrogen) atoms. The van der Waals surface area contributed by atoms with Gasteiger partial charge in [-0.2, -0.15) is 5.10 Å². The molecule has 2 aromatic heterocycles. The van der Waals surface area contributed by atoms with Crippen LogP contribution in [0.3, 0.4) is 0 Å². The summed E-state index contributed by atoms with van der Waals surface area (Å²) in [5, 5.41) is 4.27. The van der Waals surface area contributed by atoms with Crippen LogP contribution in [-0.4, -0.2) is 21.1 Å². The molecule has 126 valence electrons. The second-order valence-electron chi connectivity index (χ2n) is 4.78. The van der Waals surface area contributed by atoms with Gasteiger partial charge in [0.2, 0.25) is 0 Å². The number of ether oxygens (including phenoxy) is 1. The van der Waals surface area contributed by atoms with Gasteiger partial charge in [-0.05, 0) is 42.3 Å². The summed E-state index contributed by atoms with van der Waals surface area (Å²) in [4.78, 5) is 4.08. The highest BCUT2D eigenvalue weighted by molar-refractivity contribution is 6.30. The maximum Gasteiger partial charge on any atom is 0.573 e. The molecule has 0 fully saturated rings. The average molecular weight is 364 g/mol. The molecule has 3 rings (SSSR count). The van der Waals surface area contributed by atoms with Crippen LogP contribution in [-0.2, 0) is 0 Å². The van der Waals surface area contributed by atoms with Gasteiger partial charge >= 0.3 is 6.36 Å². The van der Waals surface area contributed by atoms with Crippen molar-refractivity contribution in [1.29, 1.82) is 0 Å². The summed E-state index contributed by atoms with van der Waals surface area (Å²) in [5.41, 5.74) is 1.57. The van der Waals surface area contributed by atoms with Crippen molar-refractivity contribution in [1.82, 2.24) is 14.8 Å². The molecule has 1 aromatic carbocycles. The van der Waals surface area contributed by atoms with Gasteiger partial charge in [-0.1, -0.05) is 23.6 Å². The van der Waals surface area contributed by atoms with Gasteiger partial charge in [-0.3, -0.25) is 0 Å². The number of nitrogens with zero attached hydrogens (tertiary/aromatic N) is 3. The second kappa shape index (κ2) is 6.87. The molecule has 0 saturated heterocycles. The molecule has 4 nitrogen and oxygen atoms in total. The van der Waals surface area contributed by atoms with E-state index in [4.69, 9.17) is 11.6 Å². The van der Waals surface area contributed by atoms with Crippen molar-refractivity contribution in [3.63, 3.8) is 0 Å². The first kappa shape index (κ1) is 16.9. The Balaban J connectivity index is 1.82. The average Bonchev–Trinajstić information content (AvgIpc) is 2.94. The normalized spacial score (nSPS) is 10.9. The molecule has 0 N–H and O–H groups in total. The van der Waals surface area contributed by atoms with Crippen molar-refractivity contribution in [2.75, 3.05) is 0 Å². The zero-order valence-corrected chi connectivity index (χ0v) is 13.2. The van der Waals surface area contributed by atoms with E-state index < -0.39 is 6.36 Å². The summed E-state index contributed by atoms with van der Waals surface area (Å²) in [6.07, 6.45) is -1.53. The predicted molar refractivity (Wildman–Crippen MR) is 85.5 cm³/mol. The van der Waals surface area contributed by atoms with Crippen molar-refractivity contribution in [2.24, 2.45) is 0 Å². The van der Waals surface area contributed by atoms with Gasteiger partial charge < -0.3 is 4.74 Å². The summed E-state index contributed by atoms with van der Waals surface area (Å²) in [5.74, 6) is 5.40. The maximum absolute atomic E-state index is 12.2. The standard InChI is InChI=1S/C17H9ClF3N3O/c18-16-12(4-5-13-3-1-2-10-22-13)11-24(23-16)14-6-8-15(9-7-14)25-17(19,20)21/h1-3,6-11H. The van der Waals surface area contributed by atoms with Crippen LogP contribution < -0.4 is 4.74 Å². The van der Waals surface area contributed by atoms with E-state index in [1.54, 1.807) is 24.5 Å². The van der Waals surface area contributed by atoms with Gasteiger partial charge in [-0.25, -0.2) is 9.67 Å². The molecule has 0 amide bonds. The van der Waals surface area contributed by atoms with Crippen LogP contribution in [0.2, 0.25) is 5.15 Å². The Bertz CT molecular complexity index is 926. The van der Waals surface area contributed by atoms with E-state index in [1.165, 1.54) is 28.9 Å². The van der Waals surface area contributed by atoms with Gasteiger partial charge in [0.05, 0.1) is 11.3 Å². The second-order valence-corrected chi connectivity index (χ2v) is 5.14. The number of hydrogen-bond acceptors (Lipinski definition) is 3. The molecule has 2 heterocycles. The molecule has 0 aliphatic heterocycles. The number of alkyl halides is 3. The number of pyridine rings is 1. The van der Waals surface area contributed by atoms with E-state index in [0.717, 1.165) is 0 Å². The van der Waals surface area contributed by atoms with Crippen molar-refractivity contribution in [3.8, 4) is 23.3 Å². The number of rotatable bonds is 2. The Kier molecular flexibility index (Phi) is 4.63. The van der Waals surface area contributed by atoms with Gasteiger partial charge in [-0.15, -0.1) is 13.2 Å². The van der Waals surface area contributed by atoms with Crippen LogP contribution in [0.25, 0.3) is 5.69 Å². The Morgan fingerprint density at radius 3 is 2.44 bits per heavy atom. The molecule has 0 aliphatic carbocycles. The molecule has 0 radical (unpaired) electrons. The van der Waals surface area contributed by atoms with Crippen LogP contribution in [0, 0.1) is 11.8 Å². The van der Waals surface area contributed by atoms with E-state index in [9.17, 15) is 13.2 Å². The number of hydrogen-bond donors (Lipinski definition) is 0. The van der Waals surface area contributed by atoms with Crippen molar-refractivity contribution >= 4 is 11.6 Å². The van der Waals surface area contributed by atoms with Crippen LogP contribution in [0.4, 0.5) is 13.2 Å².